The molecular formula is C15H21F2N3O. The molecule has 0 saturated carbocycles. The lowest BCUT2D eigenvalue weighted by Gasteiger charge is -2.31. The zero-order chi connectivity index (χ0) is 15.6. The summed E-state index contributed by atoms with van der Waals surface area (Å²) < 4.78 is 26.4. The van der Waals surface area contributed by atoms with Crippen LogP contribution in [0.2, 0.25) is 0 Å². The van der Waals surface area contributed by atoms with Gasteiger partial charge in [0, 0.05) is 6.04 Å². The van der Waals surface area contributed by atoms with Gasteiger partial charge in [0.2, 0.25) is 5.91 Å². The van der Waals surface area contributed by atoms with Gasteiger partial charge in [-0.15, -0.1) is 0 Å². The molecule has 0 radical (unpaired) electrons. The van der Waals surface area contributed by atoms with Gasteiger partial charge in [0.15, 0.2) is 11.6 Å². The van der Waals surface area contributed by atoms with Crippen molar-refractivity contribution in [3.05, 3.63) is 35.4 Å². The van der Waals surface area contributed by atoms with Gasteiger partial charge in [0.05, 0.1) is 6.54 Å². The lowest BCUT2D eigenvalue weighted by Crippen LogP contribution is -2.39. The molecule has 1 aromatic carbocycles. The molecule has 2 atom stereocenters. The average Bonchev–Trinajstić information content (AvgIpc) is 2.81. The zero-order valence-corrected chi connectivity index (χ0v) is 12.6. The Balaban J connectivity index is 2.17. The fraction of sp³-hybridized carbons (Fsp3) is 0.533. The van der Waals surface area contributed by atoms with Gasteiger partial charge < -0.3 is 9.80 Å². The first-order valence-electron chi connectivity index (χ1n) is 7.04. The number of hydrogen-bond donors (Lipinski definition) is 1. The maximum Gasteiger partial charge on any atom is 0.238 e. The van der Waals surface area contributed by atoms with Crippen LogP contribution in [0.15, 0.2) is 18.2 Å². The standard InChI is InChI=1S/C15H21F2N3O/c1-10(6-7-19(2)3)20-14(21)9-18-15(20)11-4-5-12(16)13(17)8-11/h4-5,8,10,15,18H,6-7,9H2,1-3H3. The minimum atomic E-state index is -0.894. The predicted octanol–water partition coefficient (Wildman–Crippen LogP) is 1.74. The van der Waals surface area contributed by atoms with Crippen molar-refractivity contribution in [2.45, 2.75) is 25.6 Å². The maximum absolute atomic E-state index is 13.4. The molecule has 1 amide bonds. The highest BCUT2D eigenvalue weighted by molar-refractivity contribution is 5.81. The van der Waals surface area contributed by atoms with Gasteiger partial charge in [0.1, 0.15) is 6.17 Å². The van der Waals surface area contributed by atoms with Crippen LogP contribution in [0, 0.1) is 11.6 Å². The summed E-state index contributed by atoms with van der Waals surface area (Å²) in [4.78, 5) is 15.8. The van der Waals surface area contributed by atoms with Crippen molar-refractivity contribution in [1.82, 2.24) is 15.1 Å². The van der Waals surface area contributed by atoms with Crippen LogP contribution in [0.25, 0.3) is 0 Å². The van der Waals surface area contributed by atoms with E-state index in [0.717, 1.165) is 25.1 Å². The minimum absolute atomic E-state index is 0.0176. The summed E-state index contributed by atoms with van der Waals surface area (Å²) >= 11 is 0. The Morgan fingerprint density at radius 1 is 1.38 bits per heavy atom. The van der Waals surface area contributed by atoms with Crippen molar-refractivity contribution in [2.75, 3.05) is 27.2 Å². The first-order chi connectivity index (χ1) is 9.90. The Bertz CT molecular complexity index is 522. The van der Waals surface area contributed by atoms with Gasteiger partial charge in [-0.05, 0) is 51.7 Å². The molecule has 0 bridgehead atoms. The number of benzene rings is 1. The largest absolute Gasteiger partial charge is 0.319 e. The molecule has 0 spiro atoms. The fourth-order valence-electron chi connectivity index (χ4n) is 2.56. The maximum atomic E-state index is 13.4. The van der Waals surface area contributed by atoms with Crippen LogP contribution in [-0.2, 0) is 4.79 Å². The summed E-state index contributed by atoms with van der Waals surface area (Å²) in [5.74, 6) is -1.79. The summed E-state index contributed by atoms with van der Waals surface area (Å²) in [6.45, 7) is 3.05. The van der Waals surface area contributed by atoms with E-state index >= 15 is 0 Å². The molecule has 1 N–H and O–H groups in total. The highest BCUT2D eigenvalue weighted by Crippen LogP contribution is 2.27. The van der Waals surface area contributed by atoms with E-state index in [1.165, 1.54) is 6.07 Å². The van der Waals surface area contributed by atoms with E-state index < -0.39 is 17.8 Å². The van der Waals surface area contributed by atoms with Gasteiger partial charge >= 0.3 is 0 Å². The molecule has 2 rings (SSSR count). The zero-order valence-electron chi connectivity index (χ0n) is 12.6. The van der Waals surface area contributed by atoms with Crippen LogP contribution in [0.1, 0.15) is 25.1 Å². The normalized spacial score (nSPS) is 20.4. The van der Waals surface area contributed by atoms with Crippen molar-refractivity contribution < 1.29 is 13.6 Å². The SMILES string of the molecule is CC(CCN(C)C)N1C(=O)CNC1c1ccc(F)c(F)c1. The molecule has 1 aromatic rings. The van der Waals surface area contributed by atoms with Crippen molar-refractivity contribution in [3.63, 3.8) is 0 Å². The number of halogens is 2. The Hall–Kier alpha value is -1.53. The molecular weight excluding hydrogens is 276 g/mol. The van der Waals surface area contributed by atoms with E-state index in [0.29, 0.717) is 5.56 Å². The number of nitrogens with zero attached hydrogens (tertiary/aromatic N) is 2. The van der Waals surface area contributed by atoms with E-state index in [-0.39, 0.29) is 18.5 Å². The van der Waals surface area contributed by atoms with Gasteiger partial charge in [-0.25, -0.2) is 8.78 Å². The van der Waals surface area contributed by atoms with Gasteiger partial charge in [0.25, 0.3) is 0 Å². The Kier molecular flexibility index (Phi) is 4.90. The van der Waals surface area contributed by atoms with Gasteiger partial charge in [-0.3, -0.25) is 10.1 Å². The molecule has 21 heavy (non-hydrogen) atoms. The second kappa shape index (κ2) is 6.49. The Morgan fingerprint density at radius 2 is 2.10 bits per heavy atom. The number of rotatable bonds is 5. The van der Waals surface area contributed by atoms with E-state index in [1.807, 2.05) is 21.0 Å². The number of hydrogen-bond acceptors (Lipinski definition) is 3. The third kappa shape index (κ3) is 3.57. The quantitative estimate of drug-likeness (QED) is 0.899. The van der Waals surface area contributed by atoms with Crippen molar-refractivity contribution in [3.8, 4) is 0 Å². The van der Waals surface area contributed by atoms with Crippen molar-refractivity contribution in [2.24, 2.45) is 0 Å². The second-order valence-corrected chi connectivity index (χ2v) is 5.70. The minimum Gasteiger partial charge on any atom is -0.319 e. The second-order valence-electron chi connectivity index (χ2n) is 5.70. The number of nitrogens with one attached hydrogen (secondary N) is 1. The Morgan fingerprint density at radius 3 is 2.71 bits per heavy atom. The highest BCUT2D eigenvalue weighted by Gasteiger charge is 2.35. The lowest BCUT2D eigenvalue weighted by molar-refractivity contribution is -0.130. The Labute approximate surface area is 123 Å². The van der Waals surface area contributed by atoms with E-state index in [1.54, 1.807) is 4.90 Å². The first-order valence-corrected chi connectivity index (χ1v) is 7.04. The summed E-state index contributed by atoms with van der Waals surface area (Å²) in [5.41, 5.74) is 0.566. The molecule has 0 aliphatic carbocycles. The number of carbonyl (C=O) groups excluding carboxylic acids is 1. The molecule has 2 unspecified atom stereocenters. The average molecular weight is 297 g/mol. The van der Waals surface area contributed by atoms with Crippen LogP contribution >= 0.6 is 0 Å². The monoisotopic (exact) mass is 297 g/mol. The van der Waals surface area contributed by atoms with Gasteiger partial charge in [-0.2, -0.15) is 0 Å². The fourth-order valence-corrected chi connectivity index (χ4v) is 2.56. The molecule has 6 heteroatoms. The van der Waals surface area contributed by atoms with E-state index in [9.17, 15) is 13.6 Å². The summed E-state index contributed by atoms with van der Waals surface area (Å²) in [6, 6.07) is 3.78. The van der Waals surface area contributed by atoms with Crippen LogP contribution in [0.3, 0.4) is 0 Å². The number of amides is 1. The van der Waals surface area contributed by atoms with Crippen LogP contribution in [0.5, 0.6) is 0 Å². The van der Waals surface area contributed by atoms with E-state index in [4.69, 9.17) is 0 Å². The molecule has 116 valence electrons. The van der Waals surface area contributed by atoms with E-state index in [2.05, 4.69) is 10.2 Å². The summed E-state index contributed by atoms with van der Waals surface area (Å²) in [5, 5.41) is 3.06. The van der Waals surface area contributed by atoms with Crippen molar-refractivity contribution >= 4 is 5.91 Å². The summed E-state index contributed by atoms with van der Waals surface area (Å²) in [7, 11) is 3.95. The van der Waals surface area contributed by atoms with Gasteiger partial charge in [-0.1, -0.05) is 6.07 Å². The molecule has 1 heterocycles. The molecule has 1 saturated heterocycles. The van der Waals surface area contributed by atoms with Crippen LogP contribution in [-0.4, -0.2) is 48.9 Å². The van der Waals surface area contributed by atoms with Crippen LogP contribution < -0.4 is 5.32 Å². The summed E-state index contributed by atoms with van der Waals surface area (Å²) in [6.07, 6.45) is 0.422. The highest BCUT2D eigenvalue weighted by atomic mass is 19.2. The molecule has 1 aliphatic rings. The first kappa shape index (κ1) is 15.9. The lowest BCUT2D eigenvalue weighted by atomic mass is 10.1. The molecule has 4 nitrogen and oxygen atoms in total. The number of carbonyl (C=O) groups is 1. The smallest absolute Gasteiger partial charge is 0.238 e. The third-order valence-electron chi connectivity index (χ3n) is 3.74. The predicted molar refractivity (Wildman–Crippen MR) is 76.6 cm³/mol. The molecule has 1 aliphatic heterocycles. The molecule has 0 aromatic heterocycles. The third-order valence-corrected chi connectivity index (χ3v) is 3.74. The molecule has 1 fully saturated rings. The van der Waals surface area contributed by atoms with Crippen LogP contribution in [0.4, 0.5) is 8.78 Å². The van der Waals surface area contributed by atoms with Crippen molar-refractivity contribution in [1.29, 1.82) is 0 Å². The topological polar surface area (TPSA) is 35.6 Å².